The van der Waals surface area contributed by atoms with Gasteiger partial charge in [0, 0.05) is 19.2 Å². The molecule has 6 nitrogen and oxygen atoms in total. The molecule has 0 atom stereocenters. The highest BCUT2D eigenvalue weighted by molar-refractivity contribution is 6.39. The fourth-order valence-corrected chi connectivity index (χ4v) is 1.59. The smallest absolute Gasteiger partial charge is 0.315 e. The van der Waals surface area contributed by atoms with E-state index < -0.39 is 11.8 Å². The van der Waals surface area contributed by atoms with Crippen molar-refractivity contribution in [3.05, 3.63) is 11.8 Å². The Hall–Kier alpha value is -1.85. The summed E-state index contributed by atoms with van der Waals surface area (Å²) < 4.78 is 4.81. The van der Waals surface area contributed by atoms with Crippen molar-refractivity contribution in [1.29, 1.82) is 0 Å². The maximum atomic E-state index is 11.9. The van der Waals surface area contributed by atoms with E-state index in [-0.39, 0.29) is 5.82 Å². The van der Waals surface area contributed by atoms with Crippen molar-refractivity contribution in [3.63, 3.8) is 0 Å². The van der Waals surface area contributed by atoms with Crippen LogP contribution in [0.2, 0.25) is 0 Å². The molecular formula is C12H19N3O3. The Bertz CT molecular complexity index is 408. The van der Waals surface area contributed by atoms with Gasteiger partial charge >= 0.3 is 11.8 Å². The molecule has 0 saturated heterocycles. The molecule has 0 unspecified atom stereocenters. The van der Waals surface area contributed by atoms with Crippen LogP contribution >= 0.6 is 0 Å². The van der Waals surface area contributed by atoms with Crippen LogP contribution in [0, 0.1) is 6.92 Å². The van der Waals surface area contributed by atoms with E-state index in [2.05, 4.69) is 10.5 Å². The number of nitrogens with zero attached hydrogens (tertiary/aromatic N) is 2. The number of anilines is 1. The standard InChI is InChI=1S/C12H19N3O3/c1-4-6-15(7-5-2)12(17)11(16)13-10-8-9(3)18-14-10/h8H,4-7H2,1-3H3,(H,13,14,16). The molecule has 0 aliphatic heterocycles. The molecule has 0 spiro atoms. The van der Waals surface area contributed by atoms with Gasteiger partial charge in [0.2, 0.25) is 0 Å². The number of nitrogens with one attached hydrogen (secondary N) is 1. The van der Waals surface area contributed by atoms with Gasteiger partial charge in [-0.25, -0.2) is 0 Å². The molecule has 0 saturated carbocycles. The third-order valence-corrected chi connectivity index (χ3v) is 2.34. The molecule has 0 fully saturated rings. The van der Waals surface area contributed by atoms with Crippen molar-refractivity contribution in [3.8, 4) is 0 Å². The van der Waals surface area contributed by atoms with E-state index in [1.54, 1.807) is 17.9 Å². The Balaban J connectivity index is 2.61. The average Bonchev–Trinajstić information content (AvgIpc) is 2.73. The van der Waals surface area contributed by atoms with Gasteiger partial charge in [0.15, 0.2) is 5.82 Å². The van der Waals surface area contributed by atoms with E-state index in [4.69, 9.17) is 4.52 Å². The molecular weight excluding hydrogens is 234 g/mol. The van der Waals surface area contributed by atoms with Crippen molar-refractivity contribution in [2.24, 2.45) is 0 Å². The highest BCUT2D eigenvalue weighted by Crippen LogP contribution is 2.07. The normalized spacial score (nSPS) is 10.2. The summed E-state index contributed by atoms with van der Waals surface area (Å²) in [5, 5.41) is 6.04. The lowest BCUT2D eigenvalue weighted by atomic mass is 10.3. The van der Waals surface area contributed by atoms with Gasteiger partial charge in [-0.2, -0.15) is 0 Å². The molecule has 0 aliphatic rings. The van der Waals surface area contributed by atoms with E-state index in [9.17, 15) is 9.59 Å². The molecule has 0 aromatic carbocycles. The minimum absolute atomic E-state index is 0.263. The van der Waals surface area contributed by atoms with Gasteiger partial charge < -0.3 is 9.42 Å². The van der Waals surface area contributed by atoms with Gasteiger partial charge in [0.1, 0.15) is 5.76 Å². The van der Waals surface area contributed by atoms with Crippen molar-refractivity contribution >= 4 is 17.6 Å². The highest BCUT2D eigenvalue weighted by atomic mass is 16.5. The van der Waals surface area contributed by atoms with E-state index >= 15 is 0 Å². The van der Waals surface area contributed by atoms with Crippen LogP contribution in [0.1, 0.15) is 32.4 Å². The van der Waals surface area contributed by atoms with E-state index in [1.807, 2.05) is 13.8 Å². The summed E-state index contributed by atoms with van der Waals surface area (Å²) >= 11 is 0. The van der Waals surface area contributed by atoms with Gasteiger partial charge in [-0.1, -0.05) is 19.0 Å². The summed E-state index contributed by atoms with van der Waals surface area (Å²) in [6.07, 6.45) is 1.64. The van der Waals surface area contributed by atoms with Gasteiger partial charge in [-0.05, 0) is 19.8 Å². The molecule has 1 heterocycles. The Morgan fingerprint density at radius 2 is 1.94 bits per heavy atom. The summed E-state index contributed by atoms with van der Waals surface area (Å²) in [4.78, 5) is 25.2. The molecule has 0 radical (unpaired) electrons. The SMILES string of the molecule is CCCN(CCC)C(=O)C(=O)Nc1cc(C)on1. The maximum absolute atomic E-state index is 11.9. The van der Waals surface area contributed by atoms with E-state index in [0.717, 1.165) is 12.8 Å². The van der Waals surface area contributed by atoms with Crippen molar-refractivity contribution in [2.45, 2.75) is 33.6 Å². The molecule has 1 N–H and O–H groups in total. The first-order valence-corrected chi connectivity index (χ1v) is 6.12. The van der Waals surface area contributed by atoms with Crippen LogP contribution in [-0.4, -0.2) is 35.0 Å². The molecule has 1 aromatic heterocycles. The van der Waals surface area contributed by atoms with Crippen molar-refractivity contribution in [2.75, 3.05) is 18.4 Å². The topological polar surface area (TPSA) is 75.4 Å². The third-order valence-electron chi connectivity index (χ3n) is 2.34. The van der Waals surface area contributed by atoms with Crippen LogP contribution in [-0.2, 0) is 9.59 Å². The van der Waals surface area contributed by atoms with Crippen LogP contribution in [0.5, 0.6) is 0 Å². The number of carbonyl (C=O) groups is 2. The van der Waals surface area contributed by atoms with E-state index in [0.29, 0.717) is 18.8 Å². The number of carbonyl (C=O) groups excluding carboxylic acids is 2. The summed E-state index contributed by atoms with van der Waals surface area (Å²) in [5.74, 6) is -0.361. The first-order valence-electron chi connectivity index (χ1n) is 6.12. The van der Waals surface area contributed by atoms with Crippen molar-refractivity contribution in [1.82, 2.24) is 10.1 Å². The molecule has 0 bridgehead atoms. The maximum Gasteiger partial charge on any atom is 0.315 e. The lowest BCUT2D eigenvalue weighted by Gasteiger charge is -2.20. The van der Waals surface area contributed by atoms with Crippen LogP contribution in [0.3, 0.4) is 0 Å². The lowest BCUT2D eigenvalue weighted by Crippen LogP contribution is -2.40. The lowest BCUT2D eigenvalue weighted by molar-refractivity contribution is -0.143. The van der Waals surface area contributed by atoms with Crippen LogP contribution in [0.15, 0.2) is 10.6 Å². The Morgan fingerprint density at radius 1 is 1.33 bits per heavy atom. The minimum Gasteiger partial charge on any atom is -0.360 e. The van der Waals surface area contributed by atoms with Crippen LogP contribution < -0.4 is 5.32 Å². The van der Waals surface area contributed by atoms with Crippen LogP contribution in [0.4, 0.5) is 5.82 Å². The molecule has 6 heteroatoms. The summed E-state index contributed by atoms with van der Waals surface area (Å²) in [6.45, 7) is 6.81. The van der Waals surface area contributed by atoms with E-state index in [1.165, 1.54) is 0 Å². The number of rotatable bonds is 5. The number of amides is 2. The second-order valence-corrected chi connectivity index (χ2v) is 4.07. The largest absolute Gasteiger partial charge is 0.360 e. The Morgan fingerprint density at radius 3 is 2.39 bits per heavy atom. The first-order chi connectivity index (χ1) is 8.58. The Kier molecular flexibility index (Phi) is 5.35. The number of hydrogen-bond donors (Lipinski definition) is 1. The van der Waals surface area contributed by atoms with Crippen molar-refractivity contribution < 1.29 is 14.1 Å². The second kappa shape index (κ2) is 6.78. The third kappa shape index (κ3) is 3.87. The quantitative estimate of drug-likeness (QED) is 0.808. The zero-order chi connectivity index (χ0) is 13.5. The predicted octanol–water partition coefficient (Wildman–Crippen LogP) is 1.57. The molecule has 0 aliphatic carbocycles. The molecule has 100 valence electrons. The zero-order valence-electron chi connectivity index (χ0n) is 11.0. The molecule has 18 heavy (non-hydrogen) atoms. The number of aryl methyl sites for hydroxylation is 1. The van der Waals surface area contributed by atoms with Crippen LogP contribution in [0.25, 0.3) is 0 Å². The second-order valence-electron chi connectivity index (χ2n) is 4.07. The first kappa shape index (κ1) is 14.2. The van der Waals surface area contributed by atoms with Gasteiger partial charge in [-0.3, -0.25) is 14.9 Å². The number of hydrogen-bond acceptors (Lipinski definition) is 4. The number of aromatic nitrogens is 1. The van der Waals surface area contributed by atoms with Gasteiger partial charge in [0.25, 0.3) is 0 Å². The fourth-order valence-electron chi connectivity index (χ4n) is 1.59. The summed E-state index contributed by atoms with van der Waals surface area (Å²) in [5.41, 5.74) is 0. The van der Waals surface area contributed by atoms with Gasteiger partial charge in [0.05, 0.1) is 0 Å². The summed E-state index contributed by atoms with van der Waals surface area (Å²) in [6, 6.07) is 1.56. The average molecular weight is 253 g/mol. The molecule has 2 amide bonds. The predicted molar refractivity (Wildman–Crippen MR) is 67.0 cm³/mol. The summed E-state index contributed by atoms with van der Waals surface area (Å²) in [7, 11) is 0. The minimum atomic E-state index is -0.676. The molecule has 1 rings (SSSR count). The molecule has 1 aromatic rings. The monoisotopic (exact) mass is 253 g/mol. The fraction of sp³-hybridized carbons (Fsp3) is 0.583. The van der Waals surface area contributed by atoms with Gasteiger partial charge in [-0.15, -0.1) is 0 Å². The Labute approximate surface area is 106 Å². The zero-order valence-corrected chi connectivity index (χ0v) is 11.0. The highest BCUT2D eigenvalue weighted by Gasteiger charge is 2.21.